The molecule has 148 valence electrons. The van der Waals surface area contributed by atoms with Gasteiger partial charge in [0.05, 0.1) is 18.8 Å². The maximum absolute atomic E-state index is 6.20. The van der Waals surface area contributed by atoms with E-state index in [0.717, 1.165) is 44.3 Å². The van der Waals surface area contributed by atoms with Gasteiger partial charge in [0.25, 0.3) is 0 Å². The van der Waals surface area contributed by atoms with Gasteiger partial charge in [-0.1, -0.05) is 46.9 Å². The van der Waals surface area contributed by atoms with E-state index in [0.29, 0.717) is 10.8 Å². The van der Waals surface area contributed by atoms with Crippen molar-refractivity contribution in [3.63, 3.8) is 0 Å². The van der Waals surface area contributed by atoms with Crippen molar-refractivity contribution in [2.45, 2.75) is 53.9 Å². The Bertz CT molecular complexity index is 534. The molecule has 0 spiro atoms. The SMILES string of the molecule is C=C/C=C(\C(=C)C)N1CCN(SOCC2(CC)CCC(C)C2(C)C)CC1. The number of allylic oxidation sites excluding steroid dienone is 3. The molecule has 2 atom stereocenters. The first kappa shape index (κ1) is 21.6. The molecule has 4 heteroatoms. The summed E-state index contributed by atoms with van der Waals surface area (Å²) >= 11 is 1.58. The van der Waals surface area contributed by atoms with Gasteiger partial charge < -0.3 is 9.08 Å². The molecule has 0 aromatic carbocycles. The van der Waals surface area contributed by atoms with Crippen LogP contribution in [0.1, 0.15) is 53.9 Å². The Morgan fingerprint density at radius 1 is 1.27 bits per heavy atom. The third-order valence-electron chi connectivity index (χ3n) is 7.12. The monoisotopic (exact) mass is 378 g/mol. The number of rotatable bonds is 8. The highest BCUT2D eigenvalue weighted by Crippen LogP contribution is 2.58. The molecule has 1 heterocycles. The molecule has 2 rings (SSSR count). The lowest BCUT2D eigenvalue weighted by atomic mass is 9.64. The van der Waals surface area contributed by atoms with Gasteiger partial charge in [-0.2, -0.15) is 0 Å². The molecule has 0 N–H and O–H groups in total. The standard InChI is InChI=1S/C22H38N2OS/c1-8-10-20(18(3)4)23-13-15-24(16-14-23)26-25-17-22(9-2)12-11-19(5)21(22,6)7/h8,10,19H,1,3,9,11-17H2,2,4-7H3/b20-10+. The van der Waals surface area contributed by atoms with Gasteiger partial charge in [0.2, 0.25) is 0 Å². The van der Waals surface area contributed by atoms with Crippen molar-refractivity contribution < 1.29 is 4.18 Å². The van der Waals surface area contributed by atoms with Crippen LogP contribution in [0.15, 0.2) is 36.6 Å². The first-order valence-electron chi connectivity index (χ1n) is 10.1. The second kappa shape index (κ2) is 8.99. The molecule has 0 amide bonds. The molecule has 2 unspecified atom stereocenters. The minimum Gasteiger partial charge on any atom is -0.369 e. The third-order valence-corrected chi connectivity index (χ3v) is 7.92. The Morgan fingerprint density at radius 3 is 2.38 bits per heavy atom. The van der Waals surface area contributed by atoms with Crippen molar-refractivity contribution >= 4 is 12.2 Å². The zero-order valence-electron chi connectivity index (χ0n) is 17.5. The van der Waals surface area contributed by atoms with Crippen LogP contribution in [0.25, 0.3) is 0 Å². The maximum Gasteiger partial charge on any atom is 0.0820 e. The zero-order valence-corrected chi connectivity index (χ0v) is 18.3. The highest BCUT2D eigenvalue weighted by Gasteiger charge is 2.51. The minimum absolute atomic E-state index is 0.320. The van der Waals surface area contributed by atoms with Crippen molar-refractivity contribution in [1.29, 1.82) is 0 Å². The average Bonchev–Trinajstić information content (AvgIpc) is 2.84. The Balaban J connectivity index is 1.83. The van der Waals surface area contributed by atoms with Crippen LogP contribution in [0.5, 0.6) is 0 Å². The van der Waals surface area contributed by atoms with Crippen LogP contribution < -0.4 is 0 Å². The molecule has 2 aliphatic rings. The zero-order chi connectivity index (χ0) is 19.4. The van der Waals surface area contributed by atoms with E-state index in [1.54, 1.807) is 12.2 Å². The van der Waals surface area contributed by atoms with E-state index in [1.165, 1.54) is 25.0 Å². The van der Waals surface area contributed by atoms with Gasteiger partial charge in [-0.25, -0.2) is 4.31 Å². The number of nitrogens with zero attached hydrogens (tertiary/aromatic N) is 2. The molecule has 0 radical (unpaired) electrons. The molecule has 1 saturated carbocycles. The van der Waals surface area contributed by atoms with Gasteiger partial charge in [-0.05, 0) is 49.2 Å². The Hall–Kier alpha value is -0.710. The predicted molar refractivity (Wildman–Crippen MR) is 115 cm³/mol. The van der Waals surface area contributed by atoms with E-state index in [4.69, 9.17) is 4.18 Å². The van der Waals surface area contributed by atoms with E-state index >= 15 is 0 Å². The van der Waals surface area contributed by atoms with E-state index < -0.39 is 0 Å². The highest BCUT2D eigenvalue weighted by atomic mass is 32.2. The molecular weight excluding hydrogens is 340 g/mol. The fourth-order valence-corrected chi connectivity index (χ4v) is 5.28. The van der Waals surface area contributed by atoms with Gasteiger partial charge in [0.15, 0.2) is 0 Å². The van der Waals surface area contributed by atoms with Crippen LogP contribution in [-0.2, 0) is 4.18 Å². The fourth-order valence-electron chi connectivity index (χ4n) is 4.54. The summed E-state index contributed by atoms with van der Waals surface area (Å²) < 4.78 is 8.56. The highest BCUT2D eigenvalue weighted by molar-refractivity contribution is 7.92. The first-order chi connectivity index (χ1) is 12.3. The Morgan fingerprint density at radius 2 is 1.92 bits per heavy atom. The fraction of sp³-hybridized carbons (Fsp3) is 0.727. The minimum atomic E-state index is 0.320. The van der Waals surface area contributed by atoms with Crippen LogP contribution in [0.2, 0.25) is 0 Å². The molecule has 0 aromatic rings. The Labute approximate surface area is 165 Å². The quantitative estimate of drug-likeness (QED) is 0.306. The van der Waals surface area contributed by atoms with Crippen molar-refractivity contribution in [2.75, 3.05) is 32.8 Å². The van der Waals surface area contributed by atoms with Crippen LogP contribution in [0, 0.1) is 16.7 Å². The first-order valence-corrected chi connectivity index (χ1v) is 10.8. The van der Waals surface area contributed by atoms with E-state index in [9.17, 15) is 0 Å². The van der Waals surface area contributed by atoms with Gasteiger partial charge in [0.1, 0.15) is 0 Å². The van der Waals surface area contributed by atoms with E-state index in [1.807, 2.05) is 6.08 Å². The molecule has 0 aromatic heterocycles. The lowest BCUT2D eigenvalue weighted by Gasteiger charge is -2.43. The normalized spacial score (nSPS) is 29.8. The van der Waals surface area contributed by atoms with Gasteiger partial charge in [-0.3, -0.25) is 0 Å². The summed E-state index contributed by atoms with van der Waals surface area (Å²) in [5.41, 5.74) is 2.98. The van der Waals surface area contributed by atoms with E-state index in [2.05, 4.69) is 63.1 Å². The topological polar surface area (TPSA) is 15.7 Å². The largest absolute Gasteiger partial charge is 0.369 e. The summed E-state index contributed by atoms with van der Waals surface area (Å²) in [6.07, 6.45) is 7.74. The molecule has 2 fully saturated rings. The van der Waals surface area contributed by atoms with E-state index in [-0.39, 0.29) is 0 Å². The smallest absolute Gasteiger partial charge is 0.0820 e. The van der Waals surface area contributed by atoms with Crippen LogP contribution in [0.3, 0.4) is 0 Å². The van der Waals surface area contributed by atoms with Crippen molar-refractivity contribution in [1.82, 2.24) is 9.21 Å². The van der Waals surface area contributed by atoms with Crippen LogP contribution in [0.4, 0.5) is 0 Å². The molecule has 3 nitrogen and oxygen atoms in total. The molecule has 0 bridgehead atoms. The average molecular weight is 379 g/mol. The second-order valence-electron chi connectivity index (χ2n) is 8.62. The summed E-state index contributed by atoms with van der Waals surface area (Å²) in [5, 5.41) is 0. The lowest BCUT2D eigenvalue weighted by molar-refractivity contribution is 0.0252. The Kier molecular flexibility index (Phi) is 7.46. The molecule has 1 saturated heterocycles. The second-order valence-corrected chi connectivity index (χ2v) is 9.52. The van der Waals surface area contributed by atoms with Crippen molar-refractivity contribution in [3.8, 4) is 0 Å². The van der Waals surface area contributed by atoms with Crippen molar-refractivity contribution in [3.05, 3.63) is 36.6 Å². The van der Waals surface area contributed by atoms with Crippen molar-refractivity contribution in [2.24, 2.45) is 16.7 Å². The lowest BCUT2D eigenvalue weighted by Crippen LogP contribution is -2.43. The van der Waals surface area contributed by atoms with Crippen LogP contribution in [-0.4, -0.2) is 42.0 Å². The number of piperazine rings is 1. The molecule has 1 aliphatic carbocycles. The number of hydrogen-bond donors (Lipinski definition) is 0. The summed E-state index contributed by atoms with van der Waals surface area (Å²) in [6, 6.07) is 0. The molecular formula is C22H38N2OS. The summed E-state index contributed by atoms with van der Waals surface area (Å²) in [7, 11) is 0. The van der Waals surface area contributed by atoms with Gasteiger partial charge in [0, 0.05) is 37.3 Å². The maximum atomic E-state index is 6.20. The summed E-state index contributed by atoms with van der Waals surface area (Å²) in [6.45, 7) is 24.5. The molecule has 26 heavy (non-hydrogen) atoms. The summed E-state index contributed by atoms with van der Waals surface area (Å²) in [5.74, 6) is 0.775. The predicted octanol–water partition coefficient (Wildman–Crippen LogP) is 5.68. The van der Waals surface area contributed by atoms with Gasteiger partial charge >= 0.3 is 0 Å². The van der Waals surface area contributed by atoms with Gasteiger partial charge in [-0.15, -0.1) is 0 Å². The molecule has 1 aliphatic heterocycles. The number of hydrogen-bond acceptors (Lipinski definition) is 4. The third kappa shape index (κ3) is 4.40. The van der Waals surface area contributed by atoms with Crippen LogP contribution >= 0.6 is 12.2 Å². The summed E-state index contributed by atoms with van der Waals surface area (Å²) in [4.78, 5) is 2.40.